The minimum atomic E-state index is 0.141. The van der Waals surface area contributed by atoms with Crippen molar-refractivity contribution in [2.24, 2.45) is 9.98 Å². The Kier molecular flexibility index (Phi) is 10.6. The van der Waals surface area contributed by atoms with Crippen molar-refractivity contribution < 1.29 is 4.74 Å². The summed E-state index contributed by atoms with van der Waals surface area (Å²) >= 11 is 0. The molecular formula is C61H41N7O. The maximum atomic E-state index is 6.85. The van der Waals surface area contributed by atoms with Crippen LogP contribution in [-0.2, 0) is 6.54 Å². The van der Waals surface area contributed by atoms with E-state index in [0.717, 1.165) is 83.8 Å². The Bertz CT molecular complexity index is 3660. The van der Waals surface area contributed by atoms with Crippen molar-refractivity contribution >= 4 is 39.9 Å². The van der Waals surface area contributed by atoms with E-state index in [4.69, 9.17) is 29.7 Å². The largest absolute Gasteiger partial charge is 0.452 e. The van der Waals surface area contributed by atoms with E-state index in [9.17, 15) is 0 Å². The highest BCUT2D eigenvalue weighted by Gasteiger charge is 2.31. The van der Waals surface area contributed by atoms with E-state index in [2.05, 4.69) is 119 Å². The van der Waals surface area contributed by atoms with Gasteiger partial charge in [-0.2, -0.15) is 0 Å². The number of benzene rings is 8. The van der Waals surface area contributed by atoms with Crippen LogP contribution in [0.15, 0.2) is 240 Å². The van der Waals surface area contributed by atoms with Gasteiger partial charge in [-0.05, 0) is 72.4 Å². The number of allylic oxidation sites excluding steroid dienone is 1. The summed E-state index contributed by atoms with van der Waals surface area (Å²) in [7, 11) is 0. The fraction of sp³-hybridized carbons (Fsp3) is 0.0164. The molecule has 0 fully saturated rings. The third-order valence-corrected chi connectivity index (χ3v) is 12.4. The van der Waals surface area contributed by atoms with Crippen LogP contribution in [0.25, 0.3) is 89.3 Å². The number of para-hydroxylation sites is 2. The van der Waals surface area contributed by atoms with Crippen LogP contribution >= 0.6 is 0 Å². The highest BCUT2D eigenvalue weighted by atomic mass is 16.5. The SMILES string of the molecule is C=N/C(=C1/Oc2ccc(-c3ccc4c(c3)c3ccccc3n4-c3ccccc3)cc2/C1=N/Cc1nc(-c2ccccc2)cc(-c2ccccc2)n1)c1nc(-c2ccccc2)cc(-c2ccccc2)n1. The summed E-state index contributed by atoms with van der Waals surface area (Å²) in [5.41, 5.74) is 14.1. The van der Waals surface area contributed by atoms with Gasteiger partial charge in [-0.1, -0.05) is 170 Å². The van der Waals surface area contributed by atoms with Gasteiger partial charge in [0.2, 0.25) is 0 Å². The third-order valence-electron chi connectivity index (χ3n) is 12.4. The Morgan fingerprint density at radius 3 is 1.49 bits per heavy atom. The Labute approximate surface area is 399 Å². The minimum absolute atomic E-state index is 0.141. The zero-order valence-corrected chi connectivity index (χ0v) is 37.3. The van der Waals surface area contributed by atoms with Crippen molar-refractivity contribution in [1.29, 1.82) is 0 Å². The summed E-state index contributed by atoms with van der Waals surface area (Å²) in [6.45, 7) is 4.23. The number of hydrogen-bond acceptors (Lipinski definition) is 7. The molecule has 0 atom stereocenters. The first-order chi connectivity index (χ1) is 34.1. The molecule has 8 aromatic carbocycles. The summed E-state index contributed by atoms with van der Waals surface area (Å²) in [5, 5.41) is 2.34. The molecule has 0 radical (unpaired) electrons. The lowest BCUT2D eigenvalue weighted by Crippen LogP contribution is -2.09. The number of ether oxygens (including phenoxy) is 1. The van der Waals surface area contributed by atoms with E-state index in [1.54, 1.807) is 0 Å². The Hall–Kier alpha value is -9.40. The van der Waals surface area contributed by atoms with E-state index in [-0.39, 0.29) is 6.54 Å². The van der Waals surface area contributed by atoms with E-state index < -0.39 is 0 Å². The van der Waals surface area contributed by atoms with Gasteiger partial charge in [0.25, 0.3) is 0 Å². The van der Waals surface area contributed by atoms with Crippen LogP contribution in [0.3, 0.4) is 0 Å². The van der Waals surface area contributed by atoms with Crippen molar-refractivity contribution in [3.05, 3.63) is 247 Å². The zero-order chi connectivity index (χ0) is 46.1. The smallest absolute Gasteiger partial charge is 0.183 e. The van der Waals surface area contributed by atoms with Crippen LogP contribution in [0.2, 0.25) is 0 Å². The van der Waals surface area contributed by atoms with Crippen molar-refractivity contribution in [3.8, 4) is 67.6 Å². The second-order valence-corrected chi connectivity index (χ2v) is 16.7. The molecule has 0 unspecified atom stereocenters. The van der Waals surface area contributed by atoms with Crippen LogP contribution in [-0.4, -0.2) is 36.9 Å². The average molecular weight is 888 g/mol. The quantitative estimate of drug-likeness (QED) is 0.128. The van der Waals surface area contributed by atoms with Gasteiger partial charge in [-0.15, -0.1) is 0 Å². The van der Waals surface area contributed by atoms with Gasteiger partial charge in [-0.3, -0.25) is 9.98 Å². The summed E-state index contributed by atoms with van der Waals surface area (Å²) in [6.07, 6.45) is 0. The van der Waals surface area contributed by atoms with Gasteiger partial charge in [0.1, 0.15) is 11.5 Å². The summed E-state index contributed by atoms with van der Waals surface area (Å²) < 4.78 is 9.18. The van der Waals surface area contributed by atoms with E-state index in [1.165, 1.54) is 5.39 Å². The molecular weight excluding hydrogens is 847 g/mol. The molecule has 0 saturated carbocycles. The fourth-order valence-electron chi connectivity index (χ4n) is 9.13. The van der Waals surface area contributed by atoms with Crippen LogP contribution in [0, 0.1) is 0 Å². The normalized spacial score (nSPS) is 13.4. The highest BCUT2D eigenvalue weighted by Crippen LogP contribution is 2.41. The van der Waals surface area contributed by atoms with E-state index in [1.807, 2.05) is 121 Å². The van der Waals surface area contributed by atoms with E-state index in [0.29, 0.717) is 34.6 Å². The monoisotopic (exact) mass is 887 g/mol. The van der Waals surface area contributed by atoms with Gasteiger partial charge in [0, 0.05) is 44.3 Å². The molecule has 8 heteroatoms. The zero-order valence-electron chi connectivity index (χ0n) is 37.3. The molecule has 0 aliphatic carbocycles. The van der Waals surface area contributed by atoms with E-state index >= 15 is 0 Å². The molecule has 0 bridgehead atoms. The van der Waals surface area contributed by atoms with Crippen LogP contribution in [0.1, 0.15) is 17.2 Å². The number of hydrogen-bond donors (Lipinski definition) is 0. The lowest BCUT2D eigenvalue weighted by atomic mass is 9.98. The maximum absolute atomic E-state index is 6.85. The van der Waals surface area contributed by atoms with Gasteiger partial charge < -0.3 is 9.30 Å². The van der Waals surface area contributed by atoms with Crippen LogP contribution < -0.4 is 4.74 Å². The second kappa shape index (κ2) is 17.8. The summed E-state index contributed by atoms with van der Waals surface area (Å²) in [5.74, 6) is 1.93. The molecule has 12 rings (SSSR count). The van der Waals surface area contributed by atoms with Crippen LogP contribution in [0.5, 0.6) is 5.75 Å². The molecule has 0 saturated heterocycles. The van der Waals surface area contributed by atoms with Gasteiger partial charge in [0.15, 0.2) is 23.1 Å². The number of fused-ring (bicyclic) bond motifs is 4. The molecule has 4 heterocycles. The Balaban J connectivity index is 1.03. The van der Waals surface area contributed by atoms with Crippen molar-refractivity contribution in [2.45, 2.75) is 6.54 Å². The van der Waals surface area contributed by atoms with Crippen molar-refractivity contribution in [1.82, 2.24) is 24.5 Å². The number of aliphatic imine (C=N–C) groups is 2. The predicted octanol–water partition coefficient (Wildman–Crippen LogP) is 14.1. The van der Waals surface area contributed by atoms with Crippen LogP contribution in [0.4, 0.5) is 0 Å². The number of aromatic nitrogens is 5. The second-order valence-electron chi connectivity index (χ2n) is 16.7. The summed E-state index contributed by atoms with van der Waals surface area (Å²) in [4.78, 5) is 30.4. The first kappa shape index (κ1) is 41.1. The molecule has 11 aromatic rings. The Morgan fingerprint density at radius 1 is 0.449 bits per heavy atom. The van der Waals surface area contributed by atoms with Crippen molar-refractivity contribution in [2.75, 3.05) is 0 Å². The molecule has 0 N–H and O–H groups in total. The minimum Gasteiger partial charge on any atom is -0.452 e. The standard InChI is InChI=1S/C61H41N7O/c1-62-59(61-66-52(42-23-11-4-12-24-42)38-53(67-61)43-25-13-5-14-26-43)60-58(63-39-57-64-50(40-19-7-2-8-20-40)37-51(65-57)41-21-9-3-10-22-41)49-36-45(32-34-56(49)69-60)44-31-33-55-48(35-44)47-29-17-18-30-54(47)68(55)46-27-15-6-16-28-46/h2-38H,1,39H2/b60-59+,63-58-. The molecule has 1 aliphatic heterocycles. The molecule has 1 aliphatic rings. The molecule has 0 spiro atoms. The van der Waals surface area contributed by atoms with Gasteiger partial charge in [-0.25, -0.2) is 19.9 Å². The average Bonchev–Trinajstić information content (AvgIpc) is 3.96. The predicted molar refractivity (Wildman–Crippen MR) is 279 cm³/mol. The highest BCUT2D eigenvalue weighted by molar-refractivity contribution is 6.20. The Morgan fingerprint density at radius 2 is 0.928 bits per heavy atom. The lowest BCUT2D eigenvalue weighted by molar-refractivity contribution is 0.470. The topological polar surface area (TPSA) is 90.4 Å². The lowest BCUT2D eigenvalue weighted by Gasteiger charge is -2.11. The molecule has 8 nitrogen and oxygen atoms in total. The van der Waals surface area contributed by atoms with Crippen molar-refractivity contribution in [3.63, 3.8) is 0 Å². The molecule has 69 heavy (non-hydrogen) atoms. The van der Waals surface area contributed by atoms with Gasteiger partial charge in [0.05, 0.1) is 40.4 Å². The van der Waals surface area contributed by atoms with Gasteiger partial charge >= 0.3 is 0 Å². The molecule has 326 valence electrons. The first-order valence-corrected chi connectivity index (χ1v) is 22.8. The number of nitrogens with zero attached hydrogens (tertiary/aromatic N) is 7. The summed E-state index contributed by atoms with van der Waals surface area (Å²) in [6, 6.07) is 76.5. The first-order valence-electron chi connectivity index (χ1n) is 22.8. The molecule has 3 aromatic heterocycles. The third kappa shape index (κ3) is 7.85. The fourth-order valence-corrected chi connectivity index (χ4v) is 9.13. The molecule has 0 amide bonds. The number of rotatable bonds is 10. The maximum Gasteiger partial charge on any atom is 0.183 e.